The molecule has 1 aliphatic heterocycles. The Labute approximate surface area is 114 Å². The average Bonchev–Trinajstić information content (AvgIpc) is 2.37. The van der Waals surface area contributed by atoms with Gasteiger partial charge in [-0.15, -0.1) is 0 Å². The van der Waals surface area contributed by atoms with Crippen LogP contribution in [0.3, 0.4) is 0 Å². The maximum Gasteiger partial charge on any atom is 0.282 e. The van der Waals surface area contributed by atoms with Gasteiger partial charge in [0.25, 0.3) is 5.91 Å². The number of quaternary nitrogens is 1. The SMILES string of the molecule is C[C@H]1C[NH+]([C@@H](C)C(=O)Nc2ccccc2)C[C@H](C)O1. The highest BCUT2D eigenvalue weighted by atomic mass is 16.5. The van der Waals surface area contributed by atoms with E-state index in [0.29, 0.717) is 0 Å². The molecule has 104 valence electrons. The van der Waals surface area contributed by atoms with Gasteiger partial charge in [-0.1, -0.05) is 18.2 Å². The van der Waals surface area contributed by atoms with Crippen molar-refractivity contribution in [2.45, 2.75) is 39.0 Å². The minimum atomic E-state index is -0.0611. The number of carbonyl (C=O) groups is 1. The highest BCUT2D eigenvalue weighted by Gasteiger charge is 2.32. The molecule has 19 heavy (non-hydrogen) atoms. The zero-order chi connectivity index (χ0) is 13.8. The number of rotatable bonds is 3. The van der Waals surface area contributed by atoms with Crippen LogP contribution in [0.2, 0.25) is 0 Å². The lowest BCUT2D eigenvalue weighted by Crippen LogP contribution is -3.19. The predicted octanol–water partition coefficient (Wildman–Crippen LogP) is 0.706. The minimum absolute atomic E-state index is 0.0611. The lowest BCUT2D eigenvalue weighted by atomic mass is 10.1. The van der Waals surface area contributed by atoms with Gasteiger partial charge in [0.2, 0.25) is 0 Å². The normalized spacial score (nSPS) is 28.7. The molecule has 2 rings (SSSR count). The summed E-state index contributed by atoms with van der Waals surface area (Å²) in [6, 6.07) is 9.54. The van der Waals surface area contributed by atoms with Crippen LogP contribution in [0.1, 0.15) is 20.8 Å². The number of hydrogen-bond donors (Lipinski definition) is 2. The Morgan fingerprint density at radius 3 is 2.42 bits per heavy atom. The van der Waals surface area contributed by atoms with Gasteiger partial charge < -0.3 is 15.0 Å². The first-order chi connectivity index (χ1) is 9.06. The number of hydrogen-bond acceptors (Lipinski definition) is 2. The van der Waals surface area contributed by atoms with E-state index < -0.39 is 0 Å². The Balaban J connectivity index is 1.95. The Hall–Kier alpha value is -1.39. The van der Waals surface area contributed by atoms with E-state index >= 15 is 0 Å². The third-order valence-electron chi connectivity index (χ3n) is 3.61. The van der Waals surface area contributed by atoms with Crippen LogP contribution >= 0.6 is 0 Å². The van der Waals surface area contributed by atoms with Crippen LogP contribution in [0.4, 0.5) is 5.69 Å². The van der Waals surface area contributed by atoms with Gasteiger partial charge in [0.05, 0.1) is 0 Å². The molecule has 0 aliphatic carbocycles. The summed E-state index contributed by atoms with van der Waals surface area (Å²) in [6.45, 7) is 7.88. The molecule has 4 heteroatoms. The number of benzene rings is 1. The molecule has 1 aromatic rings. The third-order valence-corrected chi connectivity index (χ3v) is 3.61. The first-order valence-corrected chi connectivity index (χ1v) is 6.92. The second-order valence-corrected chi connectivity index (χ2v) is 5.40. The molecule has 0 spiro atoms. The number of morpholine rings is 1. The Kier molecular flexibility index (Phi) is 4.56. The lowest BCUT2D eigenvalue weighted by Gasteiger charge is -2.35. The van der Waals surface area contributed by atoms with Crippen molar-refractivity contribution in [1.82, 2.24) is 0 Å². The summed E-state index contributed by atoms with van der Waals surface area (Å²) < 4.78 is 5.71. The van der Waals surface area contributed by atoms with Gasteiger partial charge in [0.1, 0.15) is 25.3 Å². The fourth-order valence-electron chi connectivity index (χ4n) is 2.63. The topological polar surface area (TPSA) is 42.8 Å². The molecule has 1 aromatic carbocycles. The number of amides is 1. The van der Waals surface area contributed by atoms with Crippen molar-refractivity contribution in [2.24, 2.45) is 0 Å². The van der Waals surface area contributed by atoms with E-state index in [1.165, 1.54) is 4.90 Å². The van der Waals surface area contributed by atoms with Crippen molar-refractivity contribution in [2.75, 3.05) is 18.4 Å². The van der Waals surface area contributed by atoms with Gasteiger partial charge in [-0.3, -0.25) is 4.79 Å². The number of para-hydroxylation sites is 1. The fraction of sp³-hybridized carbons (Fsp3) is 0.533. The van der Waals surface area contributed by atoms with E-state index in [2.05, 4.69) is 19.2 Å². The monoisotopic (exact) mass is 263 g/mol. The van der Waals surface area contributed by atoms with Crippen molar-refractivity contribution >= 4 is 11.6 Å². The fourth-order valence-corrected chi connectivity index (χ4v) is 2.63. The van der Waals surface area contributed by atoms with E-state index in [-0.39, 0.29) is 24.2 Å². The average molecular weight is 263 g/mol. The van der Waals surface area contributed by atoms with Crippen LogP contribution in [0.5, 0.6) is 0 Å². The first-order valence-electron chi connectivity index (χ1n) is 6.92. The summed E-state index contributed by atoms with van der Waals surface area (Å²) in [4.78, 5) is 13.5. The van der Waals surface area contributed by atoms with Crippen LogP contribution in [0.15, 0.2) is 30.3 Å². The molecule has 0 unspecified atom stereocenters. The van der Waals surface area contributed by atoms with Crippen molar-refractivity contribution in [1.29, 1.82) is 0 Å². The molecular formula is C15H23N2O2+. The van der Waals surface area contributed by atoms with Crippen molar-refractivity contribution in [3.05, 3.63) is 30.3 Å². The molecule has 0 bridgehead atoms. The Morgan fingerprint density at radius 2 is 1.84 bits per heavy atom. The molecule has 3 atom stereocenters. The summed E-state index contributed by atoms with van der Waals surface area (Å²) in [7, 11) is 0. The van der Waals surface area contributed by atoms with Gasteiger partial charge in [0.15, 0.2) is 6.04 Å². The Bertz CT molecular complexity index is 411. The predicted molar refractivity (Wildman–Crippen MR) is 75.2 cm³/mol. The van der Waals surface area contributed by atoms with Crippen LogP contribution in [-0.2, 0) is 9.53 Å². The summed E-state index contributed by atoms with van der Waals surface area (Å²) in [5.74, 6) is 0.0718. The van der Waals surface area contributed by atoms with Crippen molar-refractivity contribution < 1.29 is 14.4 Å². The third kappa shape index (κ3) is 3.78. The molecule has 0 radical (unpaired) electrons. The molecule has 0 saturated carbocycles. The molecule has 1 aliphatic rings. The highest BCUT2D eigenvalue weighted by Crippen LogP contribution is 2.05. The zero-order valence-electron chi connectivity index (χ0n) is 11.8. The molecule has 4 nitrogen and oxygen atoms in total. The van der Waals surface area contributed by atoms with Crippen molar-refractivity contribution in [3.63, 3.8) is 0 Å². The maximum absolute atomic E-state index is 12.3. The van der Waals surface area contributed by atoms with Gasteiger partial charge in [-0.2, -0.15) is 0 Å². The molecule has 0 aromatic heterocycles. The second kappa shape index (κ2) is 6.17. The smallest absolute Gasteiger partial charge is 0.282 e. The molecule has 1 saturated heterocycles. The summed E-state index contributed by atoms with van der Waals surface area (Å²) in [5.41, 5.74) is 0.855. The molecule has 2 N–H and O–H groups in total. The van der Waals surface area contributed by atoms with E-state index in [9.17, 15) is 4.79 Å². The quantitative estimate of drug-likeness (QED) is 0.843. The number of ether oxygens (including phenoxy) is 1. The van der Waals surface area contributed by atoms with Gasteiger partial charge in [0, 0.05) is 5.69 Å². The van der Waals surface area contributed by atoms with Gasteiger partial charge in [-0.05, 0) is 32.9 Å². The second-order valence-electron chi connectivity index (χ2n) is 5.40. The van der Waals surface area contributed by atoms with Crippen LogP contribution in [-0.4, -0.2) is 37.2 Å². The summed E-state index contributed by atoms with van der Waals surface area (Å²) >= 11 is 0. The largest absolute Gasteiger partial charge is 0.364 e. The van der Waals surface area contributed by atoms with Crippen LogP contribution in [0.25, 0.3) is 0 Å². The Morgan fingerprint density at radius 1 is 1.26 bits per heavy atom. The summed E-state index contributed by atoms with van der Waals surface area (Å²) in [6.07, 6.45) is 0.427. The maximum atomic E-state index is 12.3. The number of anilines is 1. The van der Waals surface area contributed by atoms with E-state index in [0.717, 1.165) is 18.8 Å². The zero-order valence-corrected chi connectivity index (χ0v) is 11.8. The highest BCUT2D eigenvalue weighted by molar-refractivity contribution is 5.93. The van der Waals surface area contributed by atoms with E-state index in [1.54, 1.807) is 0 Å². The van der Waals surface area contributed by atoms with Crippen molar-refractivity contribution in [3.8, 4) is 0 Å². The lowest BCUT2D eigenvalue weighted by molar-refractivity contribution is -0.928. The van der Waals surface area contributed by atoms with Gasteiger partial charge in [-0.25, -0.2) is 0 Å². The summed E-state index contributed by atoms with van der Waals surface area (Å²) in [5, 5.41) is 2.97. The number of carbonyl (C=O) groups excluding carboxylic acids is 1. The number of nitrogens with one attached hydrogen (secondary N) is 2. The molecule has 1 amide bonds. The van der Waals surface area contributed by atoms with Crippen LogP contribution < -0.4 is 10.2 Å². The van der Waals surface area contributed by atoms with Crippen LogP contribution in [0, 0.1) is 0 Å². The minimum Gasteiger partial charge on any atom is -0.364 e. The van der Waals surface area contributed by atoms with Gasteiger partial charge >= 0.3 is 0 Å². The molecular weight excluding hydrogens is 240 g/mol. The molecule has 1 heterocycles. The molecule has 1 fully saturated rings. The van der Waals surface area contributed by atoms with E-state index in [1.807, 2.05) is 37.3 Å². The van der Waals surface area contributed by atoms with E-state index in [4.69, 9.17) is 4.74 Å². The standard InChI is InChI=1S/C15H22N2O2/c1-11-9-17(10-12(2)19-11)13(3)15(18)16-14-7-5-4-6-8-14/h4-8,11-13H,9-10H2,1-3H3,(H,16,18)/p+1/t11-,12-,13-/m0/s1. The first kappa shape index (κ1) is 14.0.